The van der Waals surface area contributed by atoms with Gasteiger partial charge < -0.3 is 4.90 Å². The fourth-order valence-electron chi connectivity index (χ4n) is 2.39. The first-order chi connectivity index (χ1) is 11.4. The molecule has 2 aromatic carbocycles. The second-order valence-electron chi connectivity index (χ2n) is 5.54. The summed E-state index contributed by atoms with van der Waals surface area (Å²) >= 11 is 0. The van der Waals surface area contributed by atoms with Crippen LogP contribution in [0.25, 0.3) is 0 Å². The molecular weight excluding hydrogens is 322 g/mol. The maximum atomic E-state index is 12.3. The summed E-state index contributed by atoms with van der Waals surface area (Å²) in [6.07, 6.45) is 0. The summed E-state index contributed by atoms with van der Waals surface area (Å²) < 4.78 is 27.3. The van der Waals surface area contributed by atoms with Crippen LogP contribution >= 0.6 is 0 Å². The predicted octanol–water partition coefficient (Wildman–Crippen LogP) is 2.63. The molecule has 0 saturated heterocycles. The van der Waals surface area contributed by atoms with Gasteiger partial charge >= 0.3 is 0 Å². The fourth-order valence-corrected chi connectivity index (χ4v) is 3.49. The number of nitriles is 1. The summed E-state index contributed by atoms with van der Waals surface area (Å²) in [5.74, 6) is -0.145. The highest BCUT2D eigenvalue weighted by atomic mass is 32.2. The maximum Gasteiger partial charge on any atom is 0.216 e. The number of hydrogen-bond donors (Lipinski definition) is 1. The van der Waals surface area contributed by atoms with E-state index in [0.29, 0.717) is 11.1 Å². The molecule has 0 heterocycles. The SMILES string of the molecule is CCN(C)c1ccccc1CNS(=O)(=O)Cc1cccc(C#N)c1. The highest BCUT2D eigenvalue weighted by Gasteiger charge is 2.13. The Morgan fingerprint density at radius 2 is 1.92 bits per heavy atom. The lowest BCUT2D eigenvalue weighted by Gasteiger charge is -2.20. The lowest BCUT2D eigenvalue weighted by molar-refractivity contribution is 0.580. The van der Waals surface area contributed by atoms with Gasteiger partial charge in [-0.15, -0.1) is 0 Å². The third kappa shape index (κ3) is 4.82. The van der Waals surface area contributed by atoms with Crippen molar-refractivity contribution in [2.75, 3.05) is 18.5 Å². The van der Waals surface area contributed by atoms with Gasteiger partial charge in [-0.25, -0.2) is 13.1 Å². The zero-order valence-corrected chi connectivity index (χ0v) is 14.7. The summed E-state index contributed by atoms with van der Waals surface area (Å²) in [5.41, 5.74) is 2.99. The van der Waals surface area contributed by atoms with Crippen LogP contribution in [0.4, 0.5) is 5.69 Å². The first-order valence-corrected chi connectivity index (χ1v) is 9.36. The van der Waals surface area contributed by atoms with Crippen LogP contribution in [0.2, 0.25) is 0 Å². The van der Waals surface area contributed by atoms with E-state index in [1.807, 2.05) is 44.3 Å². The number of sulfonamides is 1. The van der Waals surface area contributed by atoms with Gasteiger partial charge in [0.2, 0.25) is 10.0 Å². The van der Waals surface area contributed by atoms with Gasteiger partial charge in [-0.1, -0.05) is 30.3 Å². The van der Waals surface area contributed by atoms with Gasteiger partial charge in [0, 0.05) is 25.8 Å². The van der Waals surface area contributed by atoms with E-state index >= 15 is 0 Å². The Morgan fingerprint density at radius 1 is 1.17 bits per heavy atom. The molecule has 2 rings (SSSR count). The van der Waals surface area contributed by atoms with E-state index in [0.717, 1.165) is 17.8 Å². The van der Waals surface area contributed by atoms with Crippen molar-refractivity contribution in [2.45, 2.75) is 19.2 Å². The van der Waals surface area contributed by atoms with Gasteiger partial charge in [-0.2, -0.15) is 5.26 Å². The molecule has 0 saturated carbocycles. The largest absolute Gasteiger partial charge is 0.375 e. The Balaban J connectivity index is 2.09. The number of hydrogen-bond acceptors (Lipinski definition) is 4. The molecule has 1 N–H and O–H groups in total. The number of nitrogens with one attached hydrogen (secondary N) is 1. The average molecular weight is 343 g/mol. The summed E-state index contributed by atoms with van der Waals surface area (Å²) in [5, 5.41) is 8.90. The van der Waals surface area contributed by atoms with Crippen LogP contribution in [0.5, 0.6) is 0 Å². The molecule has 0 aromatic heterocycles. The van der Waals surface area contributed by atoms with Crippen molar-refractivity contribution < 1.29 is 8.42 Å². The monoisotopic (exact) mass is 343 g/mol. The lowest BCUT2D eigenvalue weighted by Crippen LogP contribution is -2.26. The Hall–Kier alpha value is -2.36. The van der Waals surface area contributed by atoms with Gasteiger partial charge in [-0.05, 0) is 36.2 Å². The molecule has 0 bridgehead atoms. The van der Waals surface area contributed by atoms with Gasteiger partial charge in [0.25, 0.3) is 0 Å². The summed E-state index contributed by atoms with van der Waals surface area (Å²) in [6, 6.07) is 16.4. The standard InChI is InChI=1S/C18H21N3O2S/c1-3-21(2)18-10-5-4-9-17(18)13-20-24(22,23)14-16-8-6-7-15(11-16)12-19/h4-11,20H,3,13-14H2,1-2H3. The number of nitrogens with zero attached hydrogens (tertiary/aromatic N) is 2. The van der Waals surface area contributed by atoms with Gasteiger partial charge in [0.1, 0.15) is 0 Å². The minimum Gasteiger partial charge on any atom is -0.375 e. The zero-order chi connectivity index (χ0) is 17.6. The van der Waals surface area contributed by atoms with E-state index < -0.39 is 10.0 Å². The van der Waals surface area contributed by atoms with Crippen LogP contribution in [-0.4, -0.2) is 22.0 Å². The van der Waals surface area contributed by atoms with Crippen LogP contribution in [0, 0.1) is 11.3 Å². The topological polar surface area (TPSA) is 73.2 Å². The van der Waals surface area contributed by atoms with Crippen molar-refractivity contribution in [3.05, 3.63) is 65.2 Å². The van der Waals surface area contributed by atoms with Crippen molar-refractivity contribution in [2.24, 2.45) is 0 Å². The van der Waals surface area contributed by atoms with E-state index in [1.54, 1.807) is 24.3 Å². The molecule has 5 nitrogen and oxygen atoms in total. The van der Waals surface area contributed by atoms with Gasteiger partial charge in [-0.3, -0.25) is 0 Å². The minimum atomic E-state index is -3.48. The first kappa shape index (κ1) is 18.0. The Morgan fingerprint density at radius 3 is 2.62 bits per heavy atom. The van der Waals surface area contributed by atoms with E-state index in [9.17, 15) is 8.42 Å². The maximum absolute atomic E-state index is 12.3. The zero-order valence-electron chi connectivity index (χ0n) is 13.9. The van der Waals surface area contributed by atoms with Crippen molar-refractivity contribution >= 4 is 15.7 Å². The summed E-state index contributed by atoms with van der Waals surface area (Å²) in [6.45, 7) is 3.12. The van der Waals surface area contributed by atoms with E-state index in [-0.39, 0.29) is 12.3 Å². The van der Waals surface area contributed by atoms with E-state index in [4.69, 9.17) is 5.26 Å². The number of anilines is 1. The molecule has 0 aliphatic rings. The number of para-hydroxylation sites is 1. The van der Waals surface area contributed by atoms with Crippen molar-refractivity contribution in [1.82, 2.24) is 4.72 Å². The average Bonchev–Trinajstić information content (AvgIpc) is 2.59. The van der Waals surface area contributed by atoms with E-state index in [2.05, 4.69) is 9.62 Å². The van der Waals surface area contributed by atoms with Crippen LogP contribution < -0.4 is 9.62 Å². The lowest BCUT2D eigenvalue weighted by atomic mass is 10.1. The molecule has 0 fully saturated rings. The summed E-state index contributed by atoms with van der Waals surface area (Å²) in [4.78, 5) is 2.07. The Labute approximate surface area is 143 Å². The second-order valence-corrected chi connectivity index (χ2v) is 7.34. The third-order valence-corrected chi connectivity index (χ3v) is 5.07. The van der Waals surface area contributed by atoms with Crippen molar-refractivity contribution in [3.8, 4) is 6.07 Å². The molecular formula is C18H21N3O2S. The normalized spacial score (nSPS) is 11.0. The van der Waals surface area contributed by atoms with Crippen molar-refractivity contribution in [3.63, 3.8) is 0 Å². The van der Waals surface area contributed by atoms with E-state index in [1.165, 1.54) is 0 Å². The van der Waals surface area contributed by atoms with Crippen LogP contribution in [0.15, 0.2) is 48.5 Å². The molecule has 0 atom stereocenters. The molecule has 0 aliphatic carbocycles. The molecule has 0 radical (unpaired) electrons. The minimum absolute atomic E-state index is 0.145. The number of rotatable bonds is 7. The molecule has 6 heteroatoms. The first-order valence-electron chi connectivity index (χ1n) is 7.70. The molecule has 126 valence electrons. The molecule has 24 heavy (non-hydrogen) atoms. The number of benzene rings is 2. The second kappa shape index (κ2) is 7.95. The Kier molecular flexibility index (Phi) is 5.96. The molecule has 2 aromatic rings. The quantitative estimate of drug-likeness (QED) is 0.839. The van der Waals surface area contributed by atoms with Gasteiger partial charge in [0.15, 0.2) is 0 Å². The molecule has 0 aliphatic heterocycles. The third-order valence-electron chi connectivity index (χ3n) is 3.77. The predicted molar refractivity (Wildman–Crippen MR) is 96.0 cm³/mol. The van der Waals surface area contributed by atoms with Crippen molar-refractivity contribution in [1.29, 1.82) is 5.26 Å². The Bertz CT molecular complexity index is 841. The molecule has 0 unspecified atom stereocenters. The highest BCUT2D eigenvalue weighted by molar-refractivity contribution is 7.88. The van der Waals surface area contributed by atoms with Gasteiger partial charge in [0.05, 0.1) is 17.4 Å². The molecule has 0 spiro atoms. The summed E-state index contributed by atoms with van der Waals surface area (Å²) in [7, 11) is -1.51. The van der Waals surface area contributed by atoms with Crippen LogP contribution in [0.3, 0.4) is 0 Å². The smallest absolute Gasteiger partial charge is 0.216 e. The highest BCUT2D eigenvalue weighted by Crippen LogP contribution is 2.19. The van der Waals surface area contributed by atoms with Crippen LogP contribution in [-0.2, 0) is 22.3 Å². The fraction of sp³-hybridized carbons (Fsp3) is 0.278. The molecule has 0 amide bonds. The van der Waals surface area contributed by atoms with Crippen LogP contribution in [0.1, 0.15) is 23.6 Å².